The molecular formula is C37H41N9O4. The van der Waals surface area contributed by atoms with Crippen molar-refractivity contribution in [3.63, 3.8) is 0 Å². The van der Waals surface area contributed by atoms with E-state index >= 15 is 0 Å². The summed E-state index contributed by atoms with van der Waals surface area (Å²) >= 11 is 0. The molecule has 2 aromatic carbocycles. The summed E-state index contributed by atoms with van der Waals surface area (Å²) in [7, 11) is 0. The first-order chi connectivity index (χ1) is 24.3. The van der Waals surface area contributed by atoms with E-state index in [9.17, 15) is 19.2 Å². The predicted octanol–water partition coefficient (Wildman–Crippen LogP) is 2.69. The molecule has 2 aliphatic carbocycles. The van der Waals surface area contributed by atoms with Gasteiger partial charge in [-0.05, 0) is 73.9 Å². The quantitative estimate of drug-likeness (QED) is 0.150. The number of anilines is 1. The van der Waals surface area contributed by atoms with Crippen molar-refractivity contribution >= 4 is 51.6 Å². The minimum absolute atomic E-state index is 0.0872. The van der Waals surface area contributed by atoms with Crippen LogP contribution < -0.4 is 21.3 Å². The fourth-order valence-corrected chi connectivity index (χ4v) is 7.38. The van der Waals surface area contributed by atoms with E-state index in [0.717, 1.165) is 91.3 Å². The van der Waals surface area contributed by atoms with Crippen molar-refractivity contribution < 1.29 is 19.2 Å². The maximum atomic E-state index is 13.2. The van der Waals surface area contributed by atoms with Crippen molar-refractivity contribution in [2.45, 2.75) is 57.2 Å². The van der Waals surface area contributed by atoms with Gasteiger partial charge in [-0.15, -0.1) is 0 Å². The third-order valence-electron chi connectivity index (χ3n) is 10.5. The Kier molecular flexibility index (Phi) is 8.61. The molecule has 5 N–H and O–H groups in total. The van der Waals surface area contributed by atoms with Crippen LogP contribution in [0.4, 0.5) is 5.69 Å². The zero-order chi connectivity index (χ0) is 34.4. The number of hydrogen-bond acceptors (Lipinski definition) is 11. The van der Waals surface area contributed by atoms with Gasteiger partial charge in [-0.2, -0.15) is 0 Å². The molecule has 2 saturated heterocycles. The zero-order valence-corrected chi connectivity index (χ0v) is 27.8. The summed E-state index contributed by atoms with van der Waals surface area (Å²) in [6, 6.07) is 10.7. The molecule has 0 spiro atoms. The molecule has 13 nitrogen and oxygen atoms in total. The van der Waals surface area contributed by atoms with E-state index in [0.29, 0.717) is 18.2 Å². The van der Waals surface area contributed by atoms with Gasteiger partial charge in [0.25, 0.3) is 11.8 Å². The third kappa shape index (κ3) is 6.50. The van der Waals surface area contributed by atoms with Gasteiger partial charge in [-0.25, -0.2) is 4.98 Å². The summed E-state index contributed by atoms with van der Waals surface area (Å²) < 4.78 is 0. The number of fused-ring (bicyclic) bond motifs is 2. The van der Waals surface area contributed by atoms with Crippen LogP contribution >= 0.6 is 0 Å². The van der Waals surface area contributed by atoms with Crippen molar-refractivity contribution in [1.82, 2.24) is 35.7 Å². The molecule has 0 radical (unpaired) electrons. The maximum Gasteiger partial charge on any atom is 0.262 e. The van der Waals surface area contributed by atoms with Crippen LogP contribution in [0.2, 0.25) is 0 Å². The predicted molar refractivity (Wildman–Crippen MR) is 187 cm³/mol. The van der Waals surface area contributed by atoms with Crippen LogP contribution in [0.3, 0.4) is 0 Å². The van der Waals surface area contributed by atoms with Crippen molar-refractivity contribution in [2.75, 3.05) is 38.0 Å². The molecule has 3 aliphatic heterocycles. The second kappa shape index (κ2) is 13.4. The first-order valence-electron chi connectivity index (χ1n) is 17.6. The number of hydrogen-bond donors (Lipinski definition) is 5. The van der Waals surface area contributed by atoms with E-state index in [1.54, 1.807) is 24.4 Å². The number of nitrogens with zero attached hydrogens (tertiary/aromatic N) is 4. The highest BCUT2D eigenvalue weighted by atomic mass is 16.2. The van der Waals surface area contributed by atoms with Gasteiger partial charge in [0.1, 0.15) is 6.04 Å². The Morgan fingerprint density at radius 1 is 0.960 bits per heavy atom. The van der Waals surface area contributed by atoms with E-state index in [-0.39, 0.29) is 35.9 Å². The van der Waals surface area contributed by atoms with Crippen LogP contribution in [-0.4, -0.2) is 93.9 Å². The Hall–Kier alpha value is -5.01. The lowest BCUT2D eigenvalue weighted by atomic mass is 9.80. The van der Waals surface area contributed by atoms with E-state index in [1.807, 2.05) is 12.3 Å². The van der Waals surface area contributed by atoms with Crippen molar-refractivity contribution in [3.05, 3.63) is 71.2 Å². The molecule has 5 aliphatic rings. The highest BCUT2D eigenvalue weighted by molar-refractivity contribution is 6.24. The normalized spacial score (nSPS) is 24.2. The van der Waals surface area contributed by atoms with Crippen LogP contribution in [0.25, 0.3) is 16.6 Å². The van der Waals surface area contributed by atoms with Gasteiger partial charge in [-0.3, -0.25) is 39.3 Å². The minimum atomic E-state index is -0.980. The number of piperazine rings is 1. The fraction of sp³-hybridized carbons (Fsp3) is 0.432. The Morgan fingerprint density at radius 2 is 1.76 bits per heavy atom. The maximum absolute atomic E-state index is 13.2. The fourth-order valence-electron chi connectivity index (χ4n) is 7.38. The van der Waals surface area contributed by atoms with E-state index < -0.39 is 29.7 Å². The number of nitrogens with one attached hydrogen (secondary N) is 5. The number of amides is 4. The molecule has 3 aromatic rings. The van der Waals surface area contributed by atoms with Crippen molar-refractivity contribution in [1.29, 1.82) is 5.41 Å². The van der Waals surface area contributed by atoms with Gasteiger partial charge in [0.2, 0.25) is 11.8 Å². The molecule has 2 saturated carbocycles. The number of benzene rings is 2. The first-order valence-corrected chi connectivity index (χ1v) is 17.6. The average Bonchev–Trinajstić information content (AvgIpc) is 3.92. The van der Waals surface area contributed by atoms with Crippen LogP contribution in [-0.2, 0) is 16.1 Å². The number of imide groups is 2. The second-order valence-corrected chi connectivity index (χ2v) is 14.1. The van der Waals surface area contributed by atoms with E-state index in [4.69, 9.17) is 15.4 Å². The molecule has 13 heteroatoms. The molecule has 1 unspecified atom stereocenters. The second-order valence-electron chi connectivity index (χ2n) is 14.1. The summed E-state index contributed by atoms with van der Waals surface area (Å²) in [6.45, 7) is 5.67. The molecule has 8 rings (SSSR count). The van der Waals surface area contributed by atoms with Crippen LogP contribution in [0.15, 0.2) is 48.8 Å². The molecule has 50 heavy (non-hydrogen) atoms. The number of carbonyl (C=O) groups is 4. The monoisotopic (exact) mass is 675 g/mol. The third-order valence-corrected chi connectivity index (χ3v) is 10.5. The number of allylic oxidation sites excluding steroid dienone is 1. The summed E-state index contributed by atoms with van der Waals surface area (Å²) in [5.74, 6) is -1.36. The molecular weight excluding hydrogens is 634 g/mol. The highest BCUT2D eigenvalue weighted by Gasteiger charge is 2.44. The zero-order valence-electron chi connectivity index (χ0n) is 27.8. The standard InChI is InChI=1S/C37H41N9O4/c38-34(23-2-3-23)28(31-19-42-29-6-1-21(15-30(29)43-31)20-45-11-9-39-10-12-45)18-41-25-13-22(14-25)17-40-24-4-5-26-27(16-24)37(50)46(36(26)49)32-7-8-33(47)44-35(32)48/h1,4-6,15-16,18-19,22-23,25,32,38-41H,2-3,7-14,17,20H2,(H,44,47,48)/b28-18-,38-34?. The van der Waals surface area contributed by atoms with E-state index in [1.165, 1.54) is 5.56 Å². The van der Waals surface area contributed by atoms with Gasteiger partial charge >= 0.3 is 0 Å². The summed E-state index contributed by atoms with van der Waals surface area (Å²) in [4.78, 5) is 63.3. The van der Waals surface area contributed by atoms with Gasteiger partial charge in [-0.1, -0.05) is 6.07 Å². The molecule has 1 atom stereocenters. The number of aromatic nitrogens is 2. The lowest BCUT2D eigenvalue weighted by Crippen LogP contribution is -2.54. The average molecular weight is 676 g/mol. The van der Waals surface area contributed by atoms with Crippen LogP contribution in [0, 0.1) is 17.2 Å². The summed E-state index contributed by atoms with van der Waals surface area (Å²) in [5.41, 5.74) is 6.32. The molecule has 258 valence electrons. The van der Waals surface area contributed by atoms with Crippen molar-refractivity contribution in [3.8, 4) is 0 Å². The lowest BCUT2D eigenvalue weighted by Gasteiger charge is -2.36. The van der Waals surface area contributed by atoms with Gasteiger partial charge < -0.3 is 21.4 Å². The number of rotatable bonds is 11. The lowest BCUT2D eigenvalue weighted by molar-refractivity contribution is -0.136. The van der Waals surface area contributed by atoms with Gasteiger partial charge in [0.05, 0.1) is 34.1 Å². The van der Waals surface area contributed by atoms with Crippen LogP contribution in [0.1, 0.15) is 70.5 Å². The molecule has 0 bridgehead atoms. The smallest absolute Gasteiger partial charge is 0.262 e. The Labute approximate surface area is 289 Å². The largest absolute Gasteiger partial charge is 0.388 e. The Morgan fingerprint density at radius 3 is 2.54 bits per heavy atom. The SMILES string of the molecule is N=C(/C(=C\NC1CC(CNc2ccc3c(c2)C(=O)N(C2CCC(=O)NC2=O)C3=O)C1)c1cnc2ccc(CN3CCNCC3)cc2n1)C1CC1. The van der Waals surface area contributed by atoms with Crippen molar-refractivity contribution in [2.24, 2.45) is 11.8 Å². The first kappa shape index (κ1) is 32.2. The highest BCUT2D eigenvalue weighted by Crippen LogP contribution is 2.36. The Balaban J connectivity index is 0.883. The summed E-state index contributed by atoms with van der Waals surface area (Å²) in [6.07, 6.45) is 7.91. The van der Waals surface area contributed by atoms with Gasteiger partial charge in [0.15, 0.2) is 0 Å². The molecule has 4 heterocycles. The van der Waals surface area contributed by atoms with Crippen LogP contribution in [0.5, 0.6) is 0 Å². The number of carbonyl (C=O) groups excluding carboxylic acids is 4. The number of piperidine rings is 1. The minimum Gasteiger partial charge on any atom is -0.388 e. The molecule has 1 aromatic heterocycles. The molecule has 4 fully saturated rings. The Bertz CT molecular complexity index is 1930. The molecule has 4 amide bonds. The summed E-state index contributed by atoms with van der Waals surface area (Å²) in [5, 5.41) is 21.5. The van der Waals surface area contributed by atoms with Gasteiger partial charge in [0, 0.05) is 80.8 Å². The van der Waals surface area contributed by atoms with E-state index in [2.05, 4.69) is 38.3 Å². The topological polar surface area (TPSA) is 173 Å².